The predicted molar refractivity (Wildman–Crippen MR) is 87.2 cm³/mol. The lowest BCUT2D eigenvalue weighted by Crippen LogP contribution is -2.13. The van der Waals surface area contributed by atoms with Crippen LogP contribution in [0.15, 0.2) is 29.9 Å². The molecule has 1 aromatic rings. The van der Waals surface area contributed by atoms with E-state index >= 15 is 0 Å². The number of allylic oxidation sites excluding steroid dienone is 2. The normalized spacial score (nSPS) is 11.5. The number of hydrogen-bond donors (Lipinski definition) is 2. The zero-order valence-corrected chi connectivity index (χ0v) is 13.6. The van der Waals surface area contributed by atoms with Gasteiger partial charge < -0.3 is 10.2 Å². The molecule has 0 atom stereocenters. The molecule has 118 valence electrons. The van der Waals surface area contributed by atoms with Crippen LogP contribution in [-0.2, 0) is 0 Å². The second-order valence-electron chi connectivity index (χ2n) is 6.09. The summed E-state index contributed by atoms with van der Waals surface area (Å²) in [7, 11) is 0. The van der Waals surface area contributed by atoms with Crippen LogP contribution in [0, 0.1) is 0 Å². The maximum atomic E-state index is 12.2. The van der Waals surface area contributed by atoms with Crippen LogP contribution in [0.3, 0.4) is 0 Å². The van der Waals surface area contributed by atoms with Gasteiger partial charge in [0.15, 0.2) is 11.6 Å². The minimum atomic E-state index is -1.07. The zero-order valence-electron chi connectivity index (χ0n) is 13.6. The highest BCUT2D eigenvalue weighted by Crippen LogP contribution is 2.28. The number of rotatable bonds is 5. The van der Waals surface area contributed by atoms with E-state index in [4.69, 9.17) is 0 Å². The molecule has 0 aliphatic rings. The smallest absolute Gasteiger partial charge is 0.189 e. The fourth-order valence-corrected chi connectivity index (χ4v) is 1.81. The summed E-state index contributed by atoms with van der Waals surface area (Å²) in [5.41, 5.74) is 0.456. The van der Waals surface area contributed by atoms with E-state index in [1.54, 1.807) is 27.7 Å². The van der Waals surface area contributed by atoms with Gasteiger partial charge in [-0.05, 0) is 52.8 Å². The number of aromatic hydroxyl groups is 1. The van der Waals surface area contributed by atoms with Crippen molar-refractivity contribution in [2.45, 2.75) is 40.2 Å². The van der Waals surface area contributed by atoms with Gasteiger partial charge in [-0.15, -0.1) is 0 Å². The van der Waals surface area contributed by atoms with Crippen LogP contribution in [0.5, 0.6) is 5.75 Å². The van der Waals surface area contributed by atoms with Crippen molar-refractivity contribution in [3.63, 3.8) is 0 Å². The van der Waals surface area contributed by atoms with Gasteiger partial charge in [0, 0.05) is 11.1 Å². The molecule has 0 saturated heterocycles. The Labute approximate surface area is 130 Å². The molecule has 0 fully saturated rings. The number of Topliss-reactive ketones (excluding diaryl/α,β-unsaturated/α-hetero) is 1. The Kier molecular flexibility index (Phi) is 5.44. The number of hydrogen-bond acceptors (Lipinski definition) is 4. The van der Waals surface area contributed by atoms with E-state index in [1.165, 1.54) is 37.3 Å². The molecule has 0 radical (unpaired) electrons. The van der Waals surface area contributed by atoms with Crippen molar-refractivity contribution in [1.82, 2.24) is 0 Å². The first-order valence-electron chi connectivity index (χ1n) is 7.00. The van der Waals surface area contributed by atoms with Crippen molar-refractivity contribution in [3.8, 4) is 5.75 Å². The van der Waals surface area contributed by atoms with Gasteiger partial charge in [-0.2, -0.15) is 0 Å². The van der Waals surface area contributed by atoms with Crippen molar-refractivity contribution >= 4 is 17.6 Å². The highest BCUT2D eigenvalue weighted by atomic mass is 16.3. The molecule has 0 aromatic heterocycles. The van der Waals surface area contributed by atoms with E-state index in [2.05, 4.69) is 0 Å². The maximum Gasteiger partial charge on any atom is 0.189 e. The first kappa shape index (κ1) is 17.9. The van der Waals surface area contributed by atoms with Crippen molar-refractivity contribution < 1.29 is 19.8 Å². The van der Waals surface area contributed by atoms with Crippen LogP contribution < -0.4 is 0 Å². The Morgan fingerprint density at radius 3 is 2.18 bits per heavy atom. The molecule has 0 amide bonds. The van der Waals surface area contributed by atoms with E-state index < -0.39 is 5.60 Å². The van der Waals surface area contributed by atoms with Gasteiger partial charge in [-0.25, -0.2) is 0 Å². The third kappa shape index (κ3) is 4.97. The summed E-state index contributed by atoms with van der Waals surface area (Å²) in [5, 5.41) is 20.0. The number of phenolic OH excluding ortho intramolecular Hbond substituents is 1. The van der Waals surface area contributed by atoms with Gasteiger partial charge in [0.2, 0.25) is 0 Å². The fraction of sp³-hybridized carbons (Fsp3) is 0.333. The third-order valence-corrected chi connectivity index (χ3v) is 2.90. The van der Waals surface area contributed by atoms with Crippen molar-refractivity contribution in [1.29, 1.82) is 0 Å². The molecule has 0 bridgehead atoms. The van der Waals surface area contributed by atoms with Crippen molar-refractivity contribution in [3.05, 3.63) is 46.5 Å². The first-order valence-corrected chi connectivity index (χ1v) is 7.00. The van der Waals surface area contributed by atoms with Gasteiger partial charge in [0.1, 0.15) is 5.75 Å². The number of carbonyl (C=O) groups is 2. The van der Waals surface area contributed by atoms with Crippen LogP contribution in [-0.4, -0.2) is 27.4 Å². The number of aliphatic hydroxyl groups is 1. The molecule has 0 heterocycles. The highest BCUT2D eigenvalue weighted by Gasteiger charge is 2.16. The molecule has 0 unspecified atom stereocenters. The molecule has 22 heavy (non-hydrogen) atoms. The molecule has 1 aromatic carbocycles. The first-order chi connectivity index (χ1) is 10.0. The summed E-state index contributed by atoms with van der Waals surface area (Å²) in [4.78, 5) is 23.8. The molecule has 4 nitrogen and oxygen atoms in total. The molecule has 1 rings (SSSR count). The summed E-state index contributed by atoms with van der Waals surface area (Å²) < 4.78 is 0. The lowest BCUT2D eigenvalue weighted by atomic mass is 9.97. The van der Waals surface area contributed by atoms with Gasteiger partial charge in [-0.1, -0.05) is 17.7 Å². The van der Waals surface area contributed by atoms with E-state index in [-0.39, 0.29) is 22.9 Å². The molecule has 0 spiro atoms. The standard InChI is InChI=1S/C18H22O4/c1-11(2)8-16(20)15-10-14(12(3)19)9-13(17(15)21)6-7-18(4,5)22/h6-10,21-22H,1-5H3. The zero-order chi connectivity index (χ0) is 17.1. The fourth-order valence-electron chi connectivity index (χ4n) is 1.81. The van der Waals surface area contributed by atoms with Crippen LogP contribution in [0.2, 0.25) is 0 Å². The minimum absolute atomic E-state index is 0.0734. The molecule has 0 aliphatic heterocycles. The summed E-state index contributed by atoms with van der Waals surface area (Å²) in [6.45, 7) is 8.12. The lowest BCUT2D eigenvalue weighted by Gasteiger charge is -2.12. The second kappa shape index (κ2) is 6.71. The van der Waals surface area contributed by atoms with Gasteiger partial charge in [-0.3, -0.25) is 9.59 Å². The molecule has 0 saturated carbocycles. The Bertz CT molecular complexity index is 654. The average molecular weight is 302 g/mol. The number of benzene rings is 1. The molecule has 0 aliphatic carbocycles. The third-order valence-electron chi connectivity index (χ3n) is 2.90. The average Bonchev–Trinajstić information content (AvgIpc) is 2.35. The van der Waals surface area contributed by atoms with Gasteiger partial charge >= 0.3 is 0 Å². The topological polar surface area (TPSA) is 74.6 Å². The van der Waals surface area contributed by atoms with E-state index in [0.29, 0.717) is 11.1 Å². The van der Waals surface area contributed by atoms with Gasteiger partial charge in [0.05, 0.1) is 11.2 Å². The Hall–Kier alpha value is -2.20. The van der Waals surface area contributed by atoms with Crippen LogP contribution in [0.25, 0.3) is 6.08 Å². The number of carbonyl (C=O) groups excluding carboxylic acids is 2. The second-order valence-corrected chi connectivity index (χ2v) is 6.09. The minimum Gasteiger partial charge on any atom is -0.507 e. The van der Waals surface area contributed by atoms with E-state index in [1.807, 2.05) is 0 Å². The largest absolute Gasteiger partial charge is 0.507 e. The molecular formula is C18H22O4. The highest BCUT2D eigenvalue weighted by molar-refractivity contribution is 6.09. The van der Waals surface area contributed by atoms with Crippen LogP contribution in [0.4, 0.5) is 0 Å². The molecule has 4 heteroatoms. The van der Waals surface area contributed by atoms with E-state index in [0.717, 1.165) is 5.57 Å². The van der Waals surface area contributed by atoms with Crippen molar-refractivity contribution in [2.75, 3.05) is 0 Å². The number of ketones is 2. The lowest BCUT2D eigenvalue weighted by molar-refractivity contribution is 0.101. The van der Waals surface area contributed by atoms with Crippen LogP contribution >= 0.6 is 0 Å². The van der Waals surface area contributed by atoms with Crippen molar-refractivity contribution in [2.24, 2.45) is 0 Å². The monoisotopic (exact) mass is 302 g/mol. The SMILES string of the molecule is CC(=O)c1cc(C=CC(C)(C)O)c(O)c(C(=O)C=C(C)C)c1. The summed E-state index contributed by atoms with van der Waals surface area (Å²) in [6, 6.07) is 2.89. The van der Waals surface area contributed by atoms with Crippen LogP contribution in [0.1, 0.15) is 60.9 Å². The maximum absolute atomic E-state index is 12.2. The van der Waals surface area contributed by atoms with Gasteiger partial charge in [0.25, 0.3) is 0 Å². The Morgan fingerprint density at radius 2 is 1.73 bits per heavy atom. The summed E-state index contributed by atoms with van der Waals surface area (Å²) >= 11 is 0. The van der Waals surface area contributed by atoms with E-state index in [9.17, 15) is 19.8 Å². The quantitative estimate of drug-likeness (QED) is 0.644. The number of phenols is 1. The summed E-state index contributed by atoms with van der Waals surface area (Å²) in [5.74, 6) is -0.768. The Balaban J connectivity index is 3.49. The molecule has 2 N–H and O–H groups in total. The summed E-state index contributed by atoms with van der Waals surface area (Å²) in [6.07, 6.45) is 4.39. The molecular weight excluding hydrogens is 280 g/mol. The predicted octanol–water partition coefficient (Wildman–Crippen LogP) is 3.53. The Morgan fingerprint density at radius 1 is 1.14 bits per heavy atom.